The van der Waals surface area contributed by atoms with E-state index < -0.39 is 23.4 Å². The summed E-state index contributed by atoms with van der Waals surface area (Å²) >= 11 is 0. The highest BCUT2D eigenvalue weighted by atomic mass is 16.2. The Kier molecular flexibility index (Phi) is 4.79. The van der Waals surface area contributed by atoms with Gasteiger partial charge in [0.2, 0.25) is 11.8 Å². The Morgan fingerprint density at radius 2 is 1.36 bits per heavy atom. The highest BCUT2D eigenvalue weighted by Crippen LogP contribution is 2.66. The van der Waals surface area contributed by atoms with Crippen LogP contribution in [0.3, 0.4) is 0 Å². The van der Waals surface area contributed by atoms with Crippen LogP contribution in [0.25, 0.3) is 5.70 Å². The lowest BCUT2D eigenvalue weighted by molar-refractivity contribution is -0.150. The second kappa shape index (κ2) is 7.81. The first kappa shape index (κ1) is 22.1. The van der Waals surface area contributed by atoms with E-state index >= 15 is 0 Å². The van der Waals surface area contributed by atoms with Crippen LogP contribution in [-0.2, 0) is 14.4 Å². The normalized spacial score (nSPS) is 27.6. The van der Waals surface area contributed by atoms with Crippen molar-refractivity contribution in [3.63, 3.8) is 0 Å². The van der Waals surface area contributed by atoms with Crippen LogP contribution in [0.4, 0.5) is 0 Å². The summed E-state index contributed by atoms with van der Waals surface area (Å²) in [5, 5.41) is 0. The van der Waals surface area contributed by atoms with Crippen molar-refractivity contribution in [3.05, 3.63) is 95.8 Å². The predicted octanol–water partition coefficient (Wildman–Crippen LogP) is 2.08. The molecule has 0 radical (unpaired) electrons. The van der Waals surface area contributed by atoms with Crippen LogP contribution in [0.1, 0.15) is 29.2 Å². The number of carbonyl (C=O) groups is 3. The van der Waals surface area contributed by atoms with Gasteiger partial charge in [-0.05, 0) is 36.4 Å². The molecule has 3 aliphatic rings. The van der Waals surface area contributed by atoms with E-state index in [4.69, 9.17) is 0 Å². The Morgan fingerprint density at radius 3 is 1.94 bits per heavy atom. The van der Waals surface area contributed by atoms with Crippen molar-refractivity contribution in [2.45, 2.75) is 12.1 Å². The second-order valence-corrected chi connectivity index (χ2v) is 9.37. The molecular weight excluding hydrogens is 456 g/mol. The standard InChI is InChI=1S/C27H24N6O3/c1-31-21(16-10-4-7-13-28-16)19-25(35)33(3)23(18-12-6-9-15-30-18)27(19)20(24(31)34)22(32(2)26(27)36)17-11-5-8-14-29-17/h4-15,19,21,23H,1-3H3/t19-,21+,23-,27-/m0/s1. The van der Waals surface area contributed by atoms with Gasteiger partial charge in [-0.25, -0.2) is 0 Å². The number of likely N-dealkylation sites (N-methyl/N-ethyl adjacent to an activating group) is 1. The zero-order valence-corrected chi connectivity index (χ0v) is 20.1. The van der Waals surface area contributed by atoms with Crippen molar-refractivity contribution < 1.29 is 14.4 Å². The first-order chi connectivity index (χ1) is 17.4. The fourth-order valence-corrected chi connectivity index (χ4v) is 6.29. The van der Waals surface area contributed by atoms with Gasteiger partial charge in [0.25, 0.3) is 5.91 Å². The van der Waals surface area contributed by atoms with Crippen molar-refractivity contribution in [2.75, 3.05) is 21.1 Å². The van der Waals surface area contributed by atoms with Crippen LogP contribution in [0.15, 0.2) is 78.8 Å². The number of hydrogen-bond donors (Lipinski definition) is 0. The van der Waals surface area contributed by atoms with Crippen molar-refractivity contribution >= 4 is 23.4 Å². The molecule has 3 aromatic heterocycles. The molecule has 0 aliphatic carbocycles. The molecule has 6 heterocycles. The molecule has 2 fully saturated rings. The average Bonchev–Trinajstić information content (AvgIpc) is 3.28. The Morgan fingerprint density at radius 1 is 0.750 bits per heavy atom. The van der Waals surface area contributed by atoms with E-state index in [-0.39, 0.29) is 23.3 Å². The quantitative estimate of drug-likeness (QED) is 0.569. The van der Waals surface area contributed by atoms with Crippen molar-refractivity contribution in [2.24, 2.45) is 11.3 Å². The molecular formula is C27H24N6O3. The minimum absolute atomic E-state index is 0.234. The van der Waals surface area contributed by atoms with Crippen LogP contribution >= 0.6 is 0 Å². The summed E-state index contributed by atoms with van der Waals surface area (Å²) in [4.78, 5) is 61.0. The van der Waals surface area contributed by atoms with Gasteiger partial charge >= 0.3 is 0 Å². The van der Waals surface area contributed by atoms with Gasteiger partial charge < -0.3 is 14.7 Å². The molecule has 0 saturated carbocycles. The first-order valence-corrected chi connectivity index (χ1v) is 11.7. The maximum atomic E-state index is 14.5. The minimum atomic E-state index is -1.49. The molecule has 9 nitrogen and oxygen atoms in total. The average molecular weight is 481 g/mol. The molecule has 6 rings (SSSR count). The number of hydrogen-bond acceptors (Lipinski definition) is 6. The van der Waals surface area contributed by atoms with Crippen LogP contribution in [0.5, 0.6) is 0 Å². The summed E-state index contributed by atoms with van der Waals surface area (Å²) in [7, 11) is 4.99. The van der Waals surface area contributed by atoms with Crippen LogP contribution in [0, 0.1) is 11.3 Å². The van der Waals surface area contributed by atoms with Crippen LogP contribution in [0.2, 0.25) is 0 Å². The lowest BCUT2D eigenvalue weighted by Crippen LogP contribution is -2.56. The zero-order valence-electron chi connectivity index (χ0n) is 20.1. The van der Waals surface area contributed by atoms with Crippen molar-refractivity contribution in [1.29, 1.82) is 0 Å². The molecule has 1 spiro atoms. The smallest absolute Gasteiger partial charge is 0.253 e. The monoisotopic (exact) mass is 480 g/mol. The molecule has 36 heavy (non-hydrogen) atoms. The summed E-state index contributed by atoms with van der Waals surface area (Å²) in [5.41, 5.74) is 0.816. The molecule has 0 aromatic carbocycles. The lowest BCUT2D eigenvalue weighted by atomic mass is 9.61. The summed E-state index contributed by atoms with van der Waals surface area (Å²) < 4.78 is 0. The van der Waals surface area contributed by atoms with Gasteiger partial charge in [-0.2, -0.15) is 0 Å². The Hall–Kier alpha value is -4.40. The van der Waals surface area contributed by atoms with E-state index in [1.165, 1.54) is 4.90 Å². The molecule has 3 amide bonds. The first-order valence-electron chi connectivity index (χ1n) is 11.7. The number of carbonyl (C=O) groups excluding carboxylic acids is 3. The van der Waals surface area contributed by atoms with Gasteiger partial charge in [0.1, 0.15) is 5.41 Å². The number of pyridine rings is 3. The maximum Gasteiger partial charge on any atom is 0.253 e. The highest BCUT2D eigenvalue weighted by molar-refractivity contribution is 6.19. The maximum absolute atomic E-state index is 14.5. The van der Waals surface area contributed by atoms with Crippen molar-refractivity contribution in [1.82, 2.24) is 29.7 Å². The predicted molar refractivity (Wildman–Crippen MR) is 129 cm³/mol. The number of nitrogens with zero attached hydrogens (tertiary/aromatic N) is 6. The van der Waals surface area contributed by atoms with Gasteiger partial charge in [-0.3, -0.25) is 29.3 Å². The summed E-state index contributed by atoms with van der Waals surface area (Å²) in [6.07, 6.45) is 4.89. The molecule has 180 valence electrons. The molecule has 9 heteroatoms. The van der Waals surface area contributed by atoms with E-state index in [1.54, 1.807) is 85.9 Å². The lowest BCUT2D eigenvalue weighted by Gasteiger charge is -2.46. The molecule has 0 unspecified atom stereocenters. The minimum Gasteiger partial charge on any atom is -0.335 e. The molecule has 3 aliphatic heterocycles. The van der Waals surface area contributed by atoms with E-state index in [2.05, 4.69) is 15.0 Å². The van der Waals surface area contributed by atoms with Crippen LogP contribution in [-0.4, -0.2) is 68.5 Å². The number of likely N-dealkylation sites (tertiary alicyclic amines) is 2. The molecule has 0 bridgehead atoms. The van der Waals surface area contributed by atoms with E-state index in [0.29, 0.717) is 22.8 Å². The summed E-state index contributed by atoms with van der Waals surface area (Å²) in [6.45, 7) is 0. The third kappa shape index (κ3) is 2.65. The second-order valence-electron chi connectivity index (χ2n) is 9.37. The number of rotatable bonds is 3. The van der Waals surface area contributed by atoms with Gasteiger partial charge in [0.15, 0.2) is 0 Å². The highest BCUT2D eigenvalue weighted by Gasteiger charge is 2.75. The van der Waals surface area contributed by atoms with Crippen molar-refractivity contribution in [3.8, 4) is 0 Å². The van der Waals surface area contributed by atoms with Gasteiger partial charge in [0.05, 0.1) is 46.4 Å². The van der Waals surface area contributed by atoms with E-state index in [0.717, 1.165) is 0 Å². The van der Waals surface area contributed by atoms with E-state index in [1.807, 2.05) is 18.2 Å². The number of amides is 3. The molecule has 0 N–H and O–H groups in total. The van der Waals surface area contributed by atoms with Gasteiger partial charge in [-0.15, -0.1) is 0 Å². The van der Waals surface area contributed by atoms with E-state index in [9.17, 15) is 14.4 Å². The largest absolute Gasteiger partial charge is 0.335 e. The Balaban J connectivity index is 1.72. The fourth-order valence-electron chi connectivity index (χ4n) is 6.29. The third-order valence-electron chi connectivity index (χ3n) is 7.70. The molecule has 3 aromatic rings. The van der Waals surface area contributed by atoms with Gasteiger partial charge in [0, 0.05) is 39.7 Å². The number of piperidine rings is 1. The Bertz CT molecular complexity index is 1410. The van der Waals surface area contributed by atoms with Gasteiger partial charge in [-0.1, -0.05) is 18.2 Å². The third-order valence-corrected chi connectivity index (χ3v) is 7.70. The Labute approximate surface area is 208 Å². The molecule has 2 saturated heterocycles. The summed E-state index contributed by atoms with van der Waals surface area (Å²) in [6, 6.07) is 14.7. The number of aromatic nitrogens is 3. The zero-order chi connectivity index (χ0) is 25.2. The van der Waals surface area contributed by atoms with Crippen LogP contribution < -0.4 is 0 Å². The SMILES string of the molecule is CN1C(=O)[C@]23C(=C1c1ccccn1)C(=O)N(C)[C@H](c1ccccn1)[C@H]2C(=O)N(C)[C@H]3c1ccccn1. The summed E-state index contributed by atoms with van der Waals surface area (Å²) in [5.74, 6) is -1.77. The molecule has 4 atom stereocenters. The topological polar surface area (TPSA) is 99.6 Å². The fraction of sp³-hybridized carbons (Fsp3) is 0.259.